The Labute approximate surface area is 272 Å². The van der Waals surface area contributed by atoms with Crippen LogP contribution in [-0.2, 0) is 41.8 Å². The number of rotatable bonds is 12. The maximum absolute atomic E-state index is 12.7. The second kappa shape index (κ2) is 17.7. The smallest absolute Gasteiger partial charge is 0.444 e. The van der Waals surface area contributed by atoms with Crippen molar-refractivity contribution >= 4 is 47.9 Å². The SMILES string of the molecule is CC(OC(=O)N(C)c1ccc(COC(=O)ON(C)C(=O)CCC=O)cc1)/C(N)=N/N=C(\N)c1ccc(CNC(=O)OC(C)(C)C)cc1. The van der Waals surface area contributed by atoms with E-state index in [-0.39, 0.29) is 37.7 Å². The highest BCUT2D eigenvalue weighted by atomic mass is 16.8. The fraction of sp³-hybridized carbons (Fsp3) is 0.387. The van der Waals surface area contributed by atoms with Crippen molar-refractivity contribution in [2.75, 3.05) is 19.0 Å². The minimum atomic E-state index is -1.10. The Hall–Kier alpha value is -5.67. The van der Waals surface area contributed by atoms with Gasteiger partial charge in [-0.15, -0.1) is 10.2 Å². The van der Waals surface area contributed by atoms with E-state index in [0.717, 1.165) is 5.56 Å². The van der Waals surface area contributed by atoms with Crippen LogP contribution in [0.1, 0.15) is 57.2 Å². The molecule has 0 aliphatic heterocycles. The van der Waals surface area contributed by atoms with Crippen LogP contribution in [0.15, 0.2) is 58.7 Å². The van der Waals surface area contributed by atoms with E-state index in [4.69, 9.17) is 30.5 Å². The molecular formula is C31H41N7O9. The van der Waals surface area contributed by atoms with E-state index in [1.807, 2.05) is 0 Å². The molecule has 2 aromatic carbocycles. The normalized spacial score (nSPS) is 12.3. The van der Waals surface area contributed by atoms with E-state index in [1.165, 1.54) is 25.9 Å². The first-order chi connectivity index (χ1) is 22.1. The maximum atomic E-state index is 12.7. The summed E-state index contributed by atoms with van der Waals surface area (Å²) in [5.41, 5.74) is 13.8. The van der Waals surface area contributed by atoms with Gasteiger partial charge in [0.15, 0.2) is 17.8 Å². The Morgan fingerprint density at radius 1 is 0.957 bits per heavy atom. The summed E-state index contributed by atoms with van der Waals surface area (Å²) in [5.74, 6) is -0.576. The number of amides is 3. The number of aldehydes is 1. The largest absolute Gasteiger partial charge is 0.533 e. The van der Waals surface area contributed by atoms with Gasteiger partial charge in [-0.3, -0.25) is 9.69 Å². The van der Waals surface area contributed by atoms with Crippen LogP contribution in [-0.4, -0.2) is 73.1 Å². The lowest BCUT2D eigenvalue weighted by Gasteiger charge is -2.20. The molecule has 3 amide bonds. The predicted octanol–water partition coefficient (Wildman–Crippen LogP) is 3.36. The summed E-state index contributed by atoms with van der Waals surface area (Å²) in [5, 5.41) is 11.2. The molecule has 2 rings (SSSR count). The van der Waals surface area contributed by atoms with E-state index < -0.39 is 36.0 Å². The second-order valence-corrected chi connectivity index (χ2v) is 11.0. The number of nitrogens with one attached hydrogen (secondary N) is 1. The van der Waals surface area contributed by atoms with Crippen molar-refractivity contribution < 1.29 is 43.0 Å². The van der Waals surface area contributed by atoms with Crippen LogP contribution < -0.4 is 21.7 Å². The fourth-order valence-corrected chi connectivity index (χ4v) is 3.42. The number of hydroxylamine groups is 2. The highest BCUT2D eigenvalue weighted by Gasteiger charge is 2.19. The monoisotopic (exact) mass is 655 g/mol. The summed E-state index contributed by atoms with van der Waals surface area (Å²) >= 11 is 0. The van der Waals surface area contributed by atoms with Crippen molar-refractivity contribution in [2.45, 2.75) is 65.4 Å². The lowest BCUT2D eigenvalue weighted by molar-refractivity contribution is -0.166. The third-order valence-electron chi connectivity index (χ3n) is 6.05. The Balaban J connectivity index is 1.86. The Kier molecular flexibility index (Phi) is 14.1. The van der Waals surface area contributed by atoms with Crippen LogP contribution in [0.4, 0.5) is 20.1 Å². The third kappa shape index (κ3) is 13.5. The molecule has 0 bridgehead atoms. The van der Waals surface area contributed by atoms with E-state index in [0.29, 0.717) is 28.2 Å². The molecule has 0 fully saturated rings. The highest BCUT2D eigenvalue weighted by Crippen LogP contribution is 2.16. The highest BCUT2D eigenvalue weighted by molar-refractivity contribution is 5.98. The van der Waals surface area contributed by atoms with Gasteiger partial charge in [-0.1, -0.05) is 36.4 Å². The van der Waals surface area contributed by atoms with Crippen molar-refractivity contribution in [3.63, 3.8) is 0 Å². The number of nitrogens with two attached hydrogens (primary N) is 2. The first kappa shape index (κ1) is 37.5. The average molecular weight is 656 g/mol. The zero-order chi connectivity index (χ0) is 35.1. The van der Waals surface area contributed by atoms with Gasteiger partial charge in [0.1, 0.15) is 18.5 Å². The standard InChI is InChI=1S/C31H41N7O9/c1-20(26(32)35-36-27(33)23-13-9-21(10-14-23)18-34-28(41)46-31(2,3)4)45-29(42)37(5)24-15-11-22(12-16-24)19-44-30(43)47-38(6)25(40)8-7-17-39/h9-17,20H,7-8,18-19H2,1-6H3,(H2,32,35)(H2,33,36)(H,34,41). The lowest BCUT2D eigenvalue weighted by atomic mass is 10.1. The molecule has 1 atom stereocenters. The number of carbonyl (C=O) groups is 5. The number of hydrogen-bond acceptors (Lipinski definition) is 11. The van der Waals surface area contributed by atoms with Gasteiger partial charge in [0, 0.05) is 44.7 Å². The molecule has 47 heavy (non-hydrogen) atoms. The lowest BCUT2D eigenvalue weighted by Crippen LogP contribution is -2.36. The van der Waals surface area contributed by atoms with E-state index in [1.54, 1.807) is 69.3 Å². The summed E-state index contributed by atoms with van der Waals surface area (Å²) < 4.78 is 15.6. The Morgan fingerprint density at radius 3 is 2.17 bits per heavy atom. The molecule has 0 aliphatic carbocycles. The third-order valence-corrected chi connectivity index (χ3v) is 6.05. The van der Waals surface area contributed by atoms with Crippen LogP contribution >= 0.6 is 0 Å². The van der Waals surface area contributed by atoms with Gasteiger partial charge in [0.05, 0.1) is 0 Å². The molecule has 16 nitrogen and oxygen atoms in total. The zero-order valence-corrected chi connectivity index (χ0v) is 27.2. The molecule has 0 heterocycles. The molecule has 254 valence electrons. The molecule has 0 saturated carbocycles. The van der Waals surface area contributed by atoms with Gasteiger partial charge in [0.25, 0.3) is 5.91 Å². The molecule has 16 heteroatoms. The molecule has 0 spiro atoms. The summed E-state index contributed by atoms with van der Waals surface area (Å²) in [6.45, 7) is 6.96. The number of carbonyl (C=O) groups excluding carboxylic acids is 5. The number of ether oxygens (including phenoxy) is 3. The van der Waals surface area contributed by atoms with Crippen LogP contribution in [0, 0.1) is 0 Å². The molecule has 0 aliphatic rings. The van der Waals surface area contributed by atoms with Gasteiger partial charge >= 0.3 is 18.3 Å². The van der Waals surface area contributed by atoms with E-state index in [2.05, 4.69) is 15.5 Å². The van der Waals surface area contributed by atoms with E-state index in [9.17, 15) is 24.0 Å². The molecule has 0 saturated heterocycles. The predicted molar refractivity (Wildman–Crippen MR) is 172 cm³/mol. The Bertz CT molecular complexity index is 1450. The Morgan fingerprint density at radius 2 is 1.57 bits per heavy atom. The molecule has 0 radical (unpaired) electrons. The number of nitrogens with zero attached hydrogens (tertiary/aromatic N) is 4. The van der Waals surface area contributed by atoms with Gasteiger partial charge in [-0.25, -0.2) is 14.4 Å². The fourth-order valence-electron chi connectivity index (χ4n) is 3.42. The van der Waals surface area contributed by atoms with Crippen molar-refractivity contribution in [3.05, 3.63) is 65.2 Å². The van der Waals surface area contributed by atoms with Gasteiger partial charge < -0.3 is 40.6 Å². The summed E-state index contributed by atoms with van der Waals surface area (Å²) in [6.07, 6.45) is -2.79. The van der Waals surface area contributed by atoms with Crippen LogP contribution in [0.5, 0.6) is 0 Å². The number of alkyl carbamates (subject to hydrolysis) is 1. The van der Waals surface area contributed by atoms with Crippen molar-refractivity contribution in [3.8, 4) is 0 Å². The topological polar surface area (TPSA) is 218 Å². The minimum Gasteiger partial charge on any atom is -0.444 e. The minimum absolute atomic E-state index is 0.01000. The van der Waals surface area contributed by atoms with E-state index >= 15 is 0 Å². The maximum Gasteiger partial charge on any atom is 0.533 e. The van der Waals surface area contributed by atoms with Gasteiger partial charge in [-0.2, -0.15) is 5.06 Å². The summed E-state index contributed by atoms with van der Waals surface area (Å²) in [6, 6.07) is 13.4. The zero-order valence-electron chi connectivity index (χ0n) is 27.2. The first-order valence-electron chi connectivity index (χ1n) is 14.4. The molecule has 5 N–H and O–H groups in total. The first-order valence-corrected chi connectivity index (χ1v) is 14.4. The molecular weight excluding hydrogens is 614 g/mol. The van der Waals surface area contributed by atoms with Crippen LogP contribution in [0.2, 0.25) is 0 Å². The number of amidine groups is 2. The summed E-state index contributed by atoms with van der Waals surface area (Å²) in [4.78, 5) is 64.4. The number of anilines is 1. The number of hydrogen-bond donors (Lipinski definition) is 3. The molecule has 0 aromatic heterocycles. The quantitative estimate of drug-likeness (QED) is 0.0752. The van der Waals surface area contributed by atoms with Crippen molar-refractivity contribution in [1.82, 2.24) is 10.4 Å². The van der Waals surface area contributed by atoms with Crippen LogP contribution in [0.25, 0.3) is 0 Å². The van der Waals surface area contributed by atoms with Crippen LogP contribution in [0.3, 0.4) is 0 Å². The number of benzene rings is 2. The van der Waals surface area contributed by atoms with Gasteiger partial charge in [0.2, 0.25) is 0 Å². The van der Waals surface area contributed by atoms with Gasteiger partial charge in [-0.05, 0) is 51.0 Å². The summed E-state index contributed by atoms with van der Waals surface area (Å²) in [7, 11) is 2.73. The molecule has 1 unspecified atom stereocenters. The second-order valence-electron chi connectivity index (χ2n) is 11.0. The average Bonchev–Trinajstić information content (AvgIpc) is 3.03. The van der Waals surface area contributed by atoms with Crippen molar-refractivity contribution in [1.29, 1.82) is 0 Å². The molecule has 2 aromatic rings. The van der Waals surface area contributed by atoms with Crippen molar-refractivity contribution in [2.24, 2.45) is 21.7 Å².